The van der Waals surface area contributed by atoms with Crippen molar-refractivity contribution in [2.24, 2.45) is 5.92 Å². The van der Waals surface area contributed by atoms with Crippen LogP contribution in [0.25, 0.3) is 0 Å². The molecule has 1 atom stereocenters. The lowest BCUT2D eigenvalue weighted by atomic mass is 9.79. The Bertz CT molecular complexity index is 417. The first-order valence-electron chi connectivity index (χ1n) is 10.5. The van der Waals surface area contributed by atoms with Gasteiger partial charge in [-0.25, -0.2) is 0 Å². The zero-order valence-corrected chi connectivity index (χ0v) is 16.1. The van der Waals surface area contributed by atoms with Gasteiger partial charge in [0.2, 0.25) is 5.91 Å². The summed E-state index contributed by atoms with van der Waals surface area (Å²) >= 11 is 0. The van der Waals surface area contributed by atoms with E-state index in [2.05, 4.69) is 15.1 Å². The third-order valence-corrected chi connectivity index (χ3v) is 6.58. The molecular formula is C20H37N3O2. The van der Waals surface area contributed by atoms with E-state index in [0.29, 0.717) is 11.8 Å². The van der Waals surface area contributed by atoms with Crippen molar-refractivity contribution in [1.82, 2.24) is 15.1 Å². The first-order valence-corrected chi connectivity index (χ1v) is 10.5. The van der Waals surface area contributed by atoms with E-state index in [1.54, 1.807) is 7.11 Å². The van der Waals surface area contributed by atoms with Crippen LogP contribution in [0.4, 0.5) is 0 Å². The predicted octanol–water partition coefficient (Wildman–Crippen LogP) is 2.26. The number of hydrogen-bond donors (Lipinski definition) is 1. The minimum absolute atomic E-state index is 0.195. The molecule has 2 heterocycles. The van der Waals surface area contributed by atoms with Gasteiger partial charge in [0.25, 0.3) is 0 Å². The average Bonchev–Trinajstić information content (AvgIpc) is 3.20. The summed E-state index contributed by atoms with van der Waals surface area (Å²) in [6.45, 7) is 7.16. The first kappa shape index (κ1) is 19.1. The third kappa shape index (κ3) is 4.75. The maximum atomic E-state index is 13.2. The van der Waals surface area contributed by atoms with Crippen molar-refractivity contribution in [1.29, 1.82) is 0 Å². The number of carbonyl (C=O) groups is 1. The Hall–Kier alpha value is -0.650. The van der Waals surface area contributed by atoms with E-state index < -0.39 is 0 Å². The summed E-state index contributed by atoms with van der Waals surface area (Å²) in [5.41, 5.74) is -0.195. The van der Waals surface area contributed by atoms with Gasteiger partial charge in [-0.3, -0.25) is 9.69 Å². The van der Waals surface area contributed by atoms with Crippen molar-refractivity contribution < 1.29 is 9.53 Å². The molecule has 144 valence electrons. The smallest absolute Gasteiger partial charge is 0.240 e. The quantitative estimate of drug-likeness (QED) is 0.764. The summed E-state index contributed by atoms with van der Waals surface area (Å²) in [5.74, 6) is 0.914. The molecule has 0 aromatic carbocycles. The number of amides is 1. The first-order chi connectivity index (χ1) is 12.2. The zero-order valence-electron chi connectivity index (χ0n) is 16.1. The van der Waals surface area contributed by atoms with E-state index >= 15 is 0 Å². The highest BCUT2D eigenvalue weighted by atomic mass is 16.5. The van der Waals surface area contributed by atoms with Gasteiger partial charge >= 0.3 is 0 Å². The molecule has 1 N–H and O–H groups in total. The van der Waals surface area contributed by atoms with Crippen molar-refractivity contribution in [3.63, 3.8) is 0 Å². The fourth-order valence-electron chi connectivity index (χ4n) is 5.11. The number of likely N-dealkylation sites (tertiary alicyclic amines) is 2. The van der Waals surface area contributed by atoms with Gasteiger partial charge in [0.15, 0.2) is 0 Å². The lowest BCUT2D eigenvalue weighted by Crippen LogP contribution is -2.59. The van der Waals surface area contributed by atoms with E-state index in [-0.39, 0.29) is 5.54 Å². The van der Waals surface area contributed by atoms with E-state index in [1.165, 1.54) is 51.5 Å². The number of methoxy groups -OCH3 is 1. The average molecular weight is 352 g/mol. The molecule has 2 aliphatic heterocycles. The number of nitrogens with zero attached hydrogens (tertiary/aromatic N) is 2. The highest BCUT2D eigenvalue weighted by molar-refractivity contribution is 5.86. The molecule has 0 spiro atoms. The van der Waals surface area contributed by atoms with E-state index in [9.17, 15) is 4.79 Å². The Morgan fingerprint density at radius 3 is 2.56 bits per heavy atom. The minimum Gasteiger partial charge on any atom is -0.383 e. The summed E-state index contributed by atoms with van der Waals surface area (Å²) < 4.78 is 5.21. The van der Waals surface area contributed by atoms with Crippen LogP contribution in [0.3, 0.4) is 0 Å². The van der Waals surface area contributed by atoms with Crippen LogP contribution in [0.15, 0.2) is 0 Å². The third-order valence-electron chi connectivity index (χ3n) is 6.58. The summed E-state index contributed by atoms with van der Waals surface area (Å²) in [7, 11) is 1.77. The Kier molecular flexibility index (Phi) is 7.14. The van der Waals surface area contributed by atoms with Crippen molar-refractivity contribution >= 4 is 5.91 Å². The second-order valence-corrected chi connectivity index (χ2v) is 8.30. The van der Waals surface area contributed by atoms with Gasteiger partial charge in [0, 0.05) is 26.7 Å². The van der Waals surface area contributed by atoms with Crippen molar-refractivity contribution in [2.45, 2.75) is 63.3 Å². The van der Waals surface area contributed by atoms with Crippen LogP contribution in [0, 0.1) is 5.92 Å². The molecule has 0 bridgehead atoms. The van der Waals surface area contributed by atoms with Crippen LogP contribution < -0.4 is 5.32 Å². The summed E-state index contributed by atoms with van der Waals surface area (Å²) in [6, 6.07) is 0. The van der Waals surface area contributed by atoms with Crippen molar-refractivity contribution in [3.05, 3.63) is 0 Å². The molecule has 25 heavy (non-hydrogen) atoms. The molecule has 1 saturated carbocycles. The molecule has 0 radical (unpaired) electrons. The molecule has 0 aromatic rings. The lowest BCUT2D eigenvalue weighted by molar-refractivity contribution is -0.135. The Morgan fingerprint density at radius 1 is 1.08 bits per heavy atom. The number of piperidine rings is 1. The summed E-state index contributed by atoms with van der Waals surface area (Å²) in [6.07, 6.45) is 10.8. The van der Waals surface area contributed by atoms with Gasteiger partial charge in [-0.2, -0.15) is 0 Å². The molecule has 2 saturated heterocycles. The van der Waals surface area contributed by atoms with E-state index in [0.717, 1.165) is 52.2 Å². The van der Waals surface area contributed by atoms with Crippen LogP contribution in [0.1, 0.15) is 57.8 Å². The standard InChI is InChI=1S/C20H37N3O2/c1-25-15-14-22-11-7-8-18(17-22)16-21-19(24)20(9-3-2-4-10-20)23-12-5-6-13-23/h18H,2-17H2,1H3,(H,21,24)/t18-/m0/s1. The maximum Gasteiger partial charge on any atom is 0.240 e. The van der Waals surface area contributed by atoms with Crippen LogP contribution in [0.2, 0.25) is 0 Å². The van der Waals surface area contributed by atoms with E-state index in [4.69, 9.17) is 4.74 Å². The molecule has 5 nitrogen and oxygen atoms in total. The van der Waals surface area contributed by atoms with E-state index in [1.807, 2.05) is 0 Å². The van der Waals surface area contributed by atoms with Gasteiger partial charge < -0.3 is 15.0 Å². The van der Waals surface area contributed by atoms with Gasteiger partial charge in [0.1, 0.15) is 5.54 Å². The molecule has 3 fully saturated rings. The van der Waals surface area contributed by atoms with Crippen molar-refractivity contribution in [3.8, 4) is 0 Å². The molecule has 1 aliphatic carbocycles. The largest absolute Gasteiger partial charge is 0.383 e. The summed E-state index contributed by atoms with van der Waals surface area (Å²) in [5, 5.41) is 3.38. The Labute approximate surface area is 153 Å². The highest BCUT2D eigenvalue weighted by Gasteiger charge is 2.45. The molecule has 0 aromatic heterocycles. The Morgan fingerprint density at radius 2 is 1.84 bits per heavy atom. The second kappa shape index (κ2) is 9.33. The van der Waals surface area contributed by atoms with Gasteiger partial charge in [0.05, 0.1) is 6.61 Å². The van der Waals surface area contributed by atoms with Crippen LogP contribution in [-0.2, 0) is 9.53 Å². The second-order valence-electron chi connectivity index (χ2n) is 8.30. The fraction of sp³-hybridized carbons (Fsp3) is 0.950. The Balaban J connectivity index is 1.52. The fourth-order valence-corrected chi connectivity index (χ4v) is 5.11. The number of carbonyl (C=O) groups excluding carboxylic acids is 1. The van der Waals surface area contributed by atoms with Gasteiger partial charge in [-0.15, -0.1) is 0 Å². The highest BCUT2D eigenvalue weighted by Crippen LogP contribution is 2.36. The predicted molar refractivity (Wildman–Crippen MR) is 101 cm³/mol. The molecular weight excluding hydrogens is 314 g/mol. The monoisotopic (exact) mass is 351 g/mol. The molecule has 1 amide bonds. The van der Waals surface area contributed by atoms with Gasteiger partial charge in [-0.1, -0.05) is 19.3 Å². The molecule has 5 heteroatoms. The molecule has 0 unspecified atom stereocenters. The normalized spacial score (nSPS) is 28.1. The van der Waals surface area contributed by atoms with Gasteiger partial charge in [-0.05, 0) is 64.1 Å². The van der Waals surface area contributed by atoms with Crippen molar-refractivity contribution in [2.75, 3.05) is 53.0 Å². The number of nitrogens with one attached hydrogen (secondary N) is 1. The lowest BCUT2D eigenvalue weighted by Gasteiger charge is -2.43. The summed E-state index contributed by atoms with van der Waals surface area (Å²) in [4.78, 5) is 18.2. The minimum atomic E-state index is -0.195. The molecule has 3 rings (SSSR count). The number of rotatable bonds is 7. The SMILES string of the molecule is COCCN1CCC[C@@H](CNC(=O)C2(N3CCCC3)CCCCC2)C1. The van der Waals surface area contributed by atoms with Crippen LogP contribution in [-0.4, -0.2) is 74.2 Å². The molecule has 3 aliphatic rings. The zero-order chi connectivity index (χ0) is 17.5. The topological polar surface area (TPSA) is 44.8 Å². The maximum absolute atomic E-state index is 13.2. The number of ether oxygens (including phenoxy) is 1. The van der Waals surface area contributed by atoms with Crippen LogP contribution in [0.5, 0.6) is 0 Å². The number of hydrogen-bond acceptors (Lipinski definition) is 4. The van der Waals surface area contributed by atoms with Crippen LogP contribution >= 0.6 is 0 Å².